The number of carbonyl (C=O) groups is 1. The van der Waals surface area contributed by atoms with E-state index in [1.165, 1.54) is 12.1 Å². The van der Waals surface area contributed by atoms with E-state index in [1.54, 1.807) is 37.3 Å². The number of carbonyl (C=O) groups excluding carboxylic acids is 1. The first-order valence-electron chi connectivity index (χ1n) is 11.3. The number of nitrogens with one attached hydrogen (secondary N) is 2. The molecule has 0 aromatic heterocycles. The van der Waals surface area contributed by atoms with Crippen LogP contribution < -0.4 is 19.5 Å². The van der Waals surface area contributed by atoms with E-state index in [1.807, 2.05) is 32.0 Å². The highest BCUT2D eigenvalue weighted by molar-refractivity contribution is 7.92. The Kier molecular flexibility index (Phi) is 9.01. The first-order valence-corrected chi connectivity index (χ1v) is 13.2. The molecule has 0 spiro atoms. The van der Waals surface area contributed by atoms with Gasteiger partial charge in [-0.25, -0.2) is 8.42 Å². The van der Waals surface area contributed by atoms with Crippen LogP contribution in [0.5, 0.6) is 11.5 Å². The summed E-state index contributed by atoms with van der Waals surface area (Å²) in [4.78, 5) is 12.5. The fraction of sp³-hybridized carbons (Fsp3) is 0.269. The SMILES string of the molecule is CCOc1ccc(CCC(=O)Nc2ccc(S(=O)(=O)Nc3cc(Cl)ccc3C)cc2)cc1OCC. The van der Waals surface area contributed by atoms with Gasteiger partial charge >= 0.3 is 0 Å². The zero-order chi connectivity index (χ0) is 25.4. The van der Waals surface area contributed by atoms with Crippen molar-refractivity contribution in [3.05, 3.63) is 76.8 Å². The van der Waals surface area contributed by atoms with Crippen LogP contribution in [0.25, 0.3) is 0 Å². The molecular formula is C26H29ClN2O5S. The van der Waals surface area contributed by atoms with Gasteiger partial charge < -0.3 is 14.8 Å². The quantitative estimate of drug-likeness (QED) is 0.335. The monoisotopic (exact) mass is 516 g/mol. The lowest BCUT2D eigenvalue weighted by Gasteiger charge is -2.13. The Labute approximate surface area is 211 Å². The minimum absolute atomic E-state index is 0.0766. The van der Waals surface area contributed by atoms with Gasteiger partial charge in [-0.3, -0.25) is 9.52 Å². The minimum atomic E-state index is -3.80. The van der Waals surface area contributed by atoms with Gasteiger partial charge in [-0.2, -0.15) is 0 Å². The third-order valence-electron chi connectivity index (χ3n) is 5.14. The van der Waals surface area contributed by atoms with Crippen molar-refractivity contribution in [1.82, 2.24) is 0 Å². The first kappa shape index (κ1) is 26.4. The van der Waals surface area contributed by atoms with E-state index >= 15 is 0 Å². The van der Waals surface area contributed by atoms with Crippen molar-refractivity contribution in [3.63, 3.8) is 0 Å². The van der Waals surface area contributed by atoms with Crippen molar-refractivity contribution >= 4 is 38.9 Å². The molecule has 3 aromatic carbocycles. The number of benzene rings is 3. The van der Waals surface area contributed by atoms with Gasteiger partial charge in [0, 0.05) is 17.1 Å². The molecule has 0 heterocycles. The molecule has 3 rings (SSSR count). The van der Waals surface area contributed by atoms with E-state index in [4.69, 9.17) is 21.1 Å². The van der Waals surface area contributed by atoms with Crippen molar-refractivity contribution in [2.45, 2.75) is 38.5 Å². The van der Waals surface area contributed by atoms with E-state index in [0.717, 1.165) is 11.1 Å². The smallest absolute Gasteiger partial charge is 0.261 e. The molecule has 0 saturated carbocycles. The molecule has 0 aliphatic carbocycles. The topological polar surface area (TPSA) is 93.7 Å². The Hall–Kier alpha value is -3.23. The molecule has 35 heavy (non-hydrogen) atoms. The summed E-state index contributed by atoms with van der Waals surface area (Å²) in [5.74, 6) is 1.16. The Morgan fingerprint density at radius 1 is 0.914 bits per heavy atom. The Morgan fingerprint density at radius 3 is 2.29 bits per heavy atom. The molecule has 0 unspecified atom stereocenters. The summed E-state index contributed by atoms with van der Waals surface area (Å²) in [6.07, 6.45) is 0.781. The summed E-state index contributed by atoms with van der Waals surface area (Å²) in [5.41, 5.74) is 2.63. The third kappa shape index (κ3) is 7.37. The Bertz CT molecular complexity index is 1280. The zero-order valence-electron chi connectivity index (χ0n) is 19.9. The lowest BCUT2D eigenvalue weighted by molar-refractivity contribution is -0.116. The molecule has 1 amide bonds. The van der Waals surface area contributed by atoms with Crippen LogP contribution in [0, 0.1) is 6.92 Å². The second kappa shape index (κ2) is 12.0. The Balaban J connectivity index is 1.60. The summed E-state index contributed by atoms with van der Waals surface area (Å²) in [6, 6.07) is 16.6. The van der Waals surface area contributed by atoms with Crippen LogP contribution >= 0.6 is 11.6 Å². The van der Waals surface area contributed by atoms with Gasteiger partial charge in [0.2, 0.25) is 5.91 Å². The van der Waals surface area contributed by atoms with E-state index in [2.05, 4.69) is 10.0 Å². The van der Waals surface area contributed by atoms with E-state index < -0.39 is 10.0 Å². The summed E-state index contributed by atoms with van der Waals surface area (Å²) in [5, 5.41) is 3.24. The first-order chi connectivity index (χ1) is 16.7. The molecule has 0 atom stereocenters. The highest BCUT2D eigenvalue weighted by atomic mass is 35.5. The maximum absolute atomic E-state index is 12.7. The largest absolute Gasteiger partial charge is 0.490 e. The van der Waals surface area contributed by atoms with Gasteiger partial charge in [-0.05, 0) is 86.8 Å². The molecule has 0 fully saturated rings. The average Bonchev–Trinajstić information content (AvgIpc) is 2.82. The number of hydrogen-bond donors (Lipinski definition) is 2. The van der Waals surface area contributed by atoms with Crippen molar-refractivity contribution in [1.29, 1.82) is 0 Å². The molecule has 0 saturated heterocycles. The van der Waals surface area contributed by atoms with Crippen LogP contribution in [0.1, 0.15) is 31.4 Å². The van der Waals surface area contributed by atoms with Crippen LogP contribution in [0.3, 0.4) is 0 Å². The number of amides is 1. The highest BCUT2D eigenvalue weighted by Crippen LogP contribution is 2.29. The molecule has 0 radical (unpaired) electrons. The number of rotatable bonds is 11. The molecule has 0 aliphatic heterocycles. The second-order valence-corrected chi connectivity index (χ2v) is 9.90. The van der Waals surface area contributed by atoms with Crippen LogP contribution in [0.4, 0.5) is 11.4 Å². The number of anilines is 2. The number of sulfonamides is 1. The molecule has 9 heteroatoms. The van der Waals surface area contributed by atoms with Crippen molar-refractivity contribution < 1.29 is 22.7 Å². The predicted octanol–water partition coefficient (Wildman–Crippen LogP) is 5.82. The maximum Gasteiger partial charge on any atom is 0.261 e. The summed E-state index contributed by atoms with van der Waals surface area (Å²) in [7, 11) is -3.80. The molecular weight excluding hydrogens is 488 g/mol. The summed E-state index contributed by atoms with van der Waals surface area (Å²) in [6.45, 7) is 6.66. The van der Waals surface area contributed by atoms with Crippen LogP contribution in [-0.4, -0.2) is 27.5 Å². The van der Waals surface area contributed by atoms with Crippen LogP contribution in [-0.2, 0) is 21.2 Å². The summed E-state index contributed by atoms with van der Waals surface area (Å²) < 4.78 is 39.2. The Morgan fingerprint density at radius 2 is 1.60 bits per heavy atom. The predicted molar refractivity (Wildman–Crippen MR) is 139 cm³/mol. The highest BCUT2D eigenvalue weighted by Gasteiger charge is 2.16. The lowest BCUT2D eigenvalue weighted by Crippen LogP contribution is -2.15. The third-order valence-corrected chi connectivity index (χ3v) is 6.76. The molecule has 0 bridgehead atoms. The summed E-state index contributed by atoms with van der Waals surface area (Å²) >= 11 is 5.98. The van der Waals surface area contributed by atoms with Gasteiger partial charge in [0.25, 0.3) is 10.0 Å². The maximum atomic E-state index is 12.7. The van der Waals surface area contributed by atoms with Crippen molar-refractivity contribution in [3.8, 4) is 11.5 Å². The van der Waals surface area contributed by atoms with Gasteiger partial charge in [0.05, 0.1) is 23.8 Å². The zero-order valence-corrected chi connectivity index (χ0v) is 21.5. The molecule has 7 nitrogen and oxygen atoms in total. The minimum Gasteiger partial charge on any atom is -0.490 e. The number of halogens is 1. The van der Waals surface area contributed by atoms with Crippen molar-refractivity contribution in [2.75, 3.05) is 23.3 Å². The molecule has 0 aliphatic rings. The van der Waals surface area contributed by atoms with Crippen molar-refractivity contribution in [2.24, 2.45) is 0 Å². The van der Waals surface area contributed by atoms with E-state index in [9.17, 15) is 13.2 Å². The van der Waals surface area contributed by atoms with Crippen LogP contribution in [0.2, 0.25) is 5.02 Å². The van der Waals surface area contributed by atoms with Gasteiger partial charge in [-0.1, -0.05) is 23.7 Å². The molecule has 2 N–H and O–H groups in total. The van der Waals surface area contributed by atoms with E-state index in [0.29, 0.717) is 47.5 Å². The fourth-order valence-electron chi connectivity index (χ4n) is 3.36. The number of aryl methyl sites for hydroxylation is 2. The number of hydrogen-bond acceptors (Lipinski definition) is 5. The molecule has 186 valence electrons. The lowest BCUT2D eigenvalue weighted by atomic mass is 10.1. The number of ether oxygens (including phenoxy) is 2. The van der Waals surface area contributed by atoms with Gasteiger partial charge in [-0.15, -0.1) is 0 Å². The second-order valence-electron chi connectivity index (χ2n) is 7.78. The molecule has 3 aromatic rings. The van der Waals surface area contributed by atoms with E-state index in [-0.39, 0.29) is 17.2 Å². The normalized spacial score (nSPS) is 11.1. The fourth-order valence-corrected chi connectivity index (χ4v) is 4.65. The average molecular weight is 517 g/mol. The standard InChI is InChI=1S/C26H29ClN2O5S/c1-4-33-24-14-7-19(16-25(24)34-5-2)8-15-26(30)28-21-10-12-22(13-11-21)35(31,32)29-23-17-20(27)9-6-18(23)3/h6-7,9-14,16-17,29H,4-5,8,15H2,1-3H3,(H,28,30). The van der Waals surface area contributed by atoms with Gasteiger partial charge in [0.1, 0.15) is 0 Å². The van der Waals surface area contributed by atoms with Crippen LogP contribution in [0.15, 0.2) is 65.6 Å². The van der Waals surface area contributed by atoms with Gasteiger partial charge in [0.15, 0.2) is 11.5 Å².